The van der Waals surface area contributed by atoms with E-state index in [9.17, 15) is 8.42 Å². The van der Waals surface area contributed by atoms with Crippen LogP contribution < -0.4 is 5.73 Å². The Balaban J connectivity index is 2.16. The lowest BCUT2D eigenvalue weighted by atomic mass is 10.0. The molecule has 1 fully saturated rings. The monoisotopic (exact) mass is 299 g/mol. The van der Waals surface area contributed by atoms with Crippen LogP contribution in [-0.2, 0) is 21.3 Å². The molecule has 1 aliphatic rings. The molecule has 0 saturated carbocycles. The van der Waals surface area contributed by atoms with Crippen LogP contribution in [0, 0.1) is 5.92 Å². The standard InChI is InChI=1S/C13H21N3O3S/c1-19-10-11-3-2-6-16(9-11)20(17,18)13-5-4-12(7-14)15-8-13/h4-5,8,11H,2-3,6-7,9-10,14H2,1H3. The molecule has 1 aromatic rings. The summed E-state index contributed by atoms with van der Waals surface area (Å²) >= 11 is 0. The van der Waals surface area contributed by atoms with E-state index >= 15 is 0 Å². The molecule has 20 heavy (non-hydrogen) atoms. The molecule has 0 radical (unpaired) electrons. The van der Waals surface area contributed by atoms with Gasteiger partial charge in [-0.25, -0.2) is 8.42 Å². The molecule has 2 heterocycles. The van der Waals surface area contributed by atoms with E-state index in [4.69, 9.17) is 10.5 Å². The molecule has 1 unspecified atom stereocenters. The van der Waals surface area contributed by atoms with E-state index in [1.165, 1.54) is 10.5 Å². The average Bonchev–Trinajstić information content (AvgIpc) is 2.48. The normalized spacial score (nSPS) is 21.0. The number of nitrogens with zero attached hydrogens (tertiary/aromatic N) is 2. The van der Waals surface area contributed by atoms with E-state index in [0.717, 1.165) is 12.8 Å². The van der Waals surface area contributed by atoms with Gasteiger partial charge in [0.2, 0.25) is 10.0 Å². The summed E-state index contributed by atoms with van der Waals surface area (Å²) in [7, 11) is -1.82. The molecule has 2 N–H and O–H groups in total. The number of hydrogen-bond donors (Lipinski definition) is 1. The van der Waals surface area contributed by atoms with Crippen LogP contribution in [-0.4, -0.2) is 44.5 Å². The topological polar surface area (TPSA) is 85.5 Å². The first-order valence-corrected chi connectivity index (χ1v) is 8.16. The van der Waals surface area contributed by atoms with Crippen LogP contribution in [0.5, 0.6) is 0 Å². The SMILES string of the molecule is COCC1CCCN(S(=O)(=O)c2ccc(CN)nc2)C1. The van der Waals surface area contributed by atoms with Crippen molar-refractivity contribution in [1.29, 1.82) is 0 Å². The molecular weight excluding hydrogens is 278 g/mol. The van der Waals surface area contributed by atoms with Crippen molar-refractivity contribution < 1.29 is 13.2 Å². The lowest BCUT2D eigenvalue weighted by molar-refractivity contribution is 0.118. The van der Waals surface area contributed by atoms with Crippen molar-refractivity contribution in [2.24, 2.45) is 11.7 Å². The summed E-state index contributed by atoms with van der Waals surface area (Å²) in [5, 5.41) is 0. The van der Waals surface area contributed by atoms with E-state index in [1.54, 1.807) is 19.2 Å². The fraction of sp³-hybridized carbons (Fsp3) is 0.615. The van der Waals surface area contributed by atoms with Gasteiger partial charge in [0, 0.05) is 32.9 Å². The molecule has 2 rings (SSSR count). The van der Waals surface area contributed by atoms with Crippen molar-refractivity contribution in [3.05, 3.63) is 24.0 Å². The molecular formula is C13H21N3O3S. The minimum atomic E-state index is -3.46. The van der Waals surface area contributed by atoms with E-state index < -0.39 is 10.0 Å². The lowest BCUT2D eigenvalue weighted by Crippen LogP contribution is -2.41. The van der Waals surface area contributed by atoms with Crippen molar-refractivity contribution in [3.63, 3.8) is 0 Å². The number of ether oxygens (including phenoxy) is 1. The van der Waals surface area contributed by atoms with Crippen molar-refractivity contribution in [2.45, 2.75) is 24.3 Å². The van der Waals surface area contributed by atoms with Gasteiger partial charge in [-0.15, -0.1) is 0 Å². The molecule has 1 saturated heterocycles. The summed E-state index contributed by atoms with van der Waals surface area (Å²) < 4.78 is 31.8. The van der Waals surface area contributed by atoms with E-state index in [-0.39, 0.29) is 10.8 Å². The van der Waals surface area contributed by atoms with Crippen LogP contribution in [0.1, 0.15) is 18.5 Å². The minimum Gasteiger partial charge on any atom is -0.384 e. The zero-order valence-electron chi connectivity index (χ0n) is 11.7. The molecule has 1 atom stereocenters. The average molecular weight is 299 g/mol. The quantitative estimate of drug-likeness (QED) is 0.860. The number of nitrogens with two attached hydrogens (primary N) is 1. The van der Waals surface area contributed by atoms with Crippen molar-refractivity contribution in [1.82, 2.24) is 9.29 Å². The maximum absolute atomic E-state index is 12.6. The number of sulfonamides is 1. The fourth-order valence-corrected chi connectivity index (χ4v) is 3.95. The van der Waals surface area contributed by atoms with E-state index in [0.29, 0.717) is 31.9 Å². The number of pyridine rings is 1. The molecule has 0 aromatic carbocycles. The summed E-state index contributed by atoms with van der Waals surface area (Å²) in [6.07, 6.45) is 3.25. The first-order chi connectivity index (χ1) is 9.57. The summed E-state index contributed by atoms with van der Waals surface area (Å²) in [6, 6.07) is 3.23. The van der Waals surface area contributed by atoms with Crippen LogP contribution in [0.3, 0.4) is 0 Å². The van der Waals surface area contributed by atoms with Crippen molar-refractivity contribution in [3.8, 4) is 0 Å². The van der Waals surface area contributed by atoms with E-state index in [1.807, 2.05) is 0 Å². The highest BCUT2D eigenvalue weighted by molar-refractivity contribution is 7.89. The Morgan fingerprint density at radius 1 is 1.50 bits per heavy atom. The third-order valence-corrected chi connectivity index (χ3v) is 5.38. The van der Waals surface area contributed by atoms with Crippen LogP contribution in [0.25, 0.3) is 0 Å². The molecule has 6 nitrogen and oxygen atoms in total. The second-order valence-corrected chi connectivity index (χ2v) is 6.95. The summed E-state index contributed by atoms with van der Waals surface area (Å²) in [5.41, 5.74) is 6.15. The van der Waals surface area contributed by atoms with E-state index in [2.05, 4.69) is 4.98 Å². The Bertz CT molecular complexity index is 528. The molecule has 1 aromatic heterocycles. The maximum Gasteiger partial charge on any atom is 0.244 e. The summed E-state index contributed by atoms with van der Waals surface area (Å²) in [5.74, 6) is 0.264. The Hall–Kier alpha value is -1.02. The van der Waals surface area contributed by atoms with Gasteiger partial charge in [-0.05, 0) is 30.9 Å². The highest BCUT2D eigenvalue weighted by atomic mass is 32.2. The smallest absolute Gasteiger partial charge is 0.244 e. The van der Waals surface area contributed by atoms with Crippen LogP contribution in [0.15, 0.2) is 23.2 Å². The predicted octanol–water partition coefficient (Wildman–Crippen LogP) is 0.587. The highest BCUT2D eigenvalue weighted by Crippen LogP contribution is 2.23. The maximum atomic E-state index is 12.6. The highest BCUT2D eigenvalue weighted by Gasteiger charge is 2.30. The molecule has 7 heteroatoms. The van der Waals surface area contributed by atoms with Gasteiger partial charge >= 0.3 is 0 Å². The zero-order chi connectivity index (χ0) is 14.6. The molecule has 0 bridgehead atoms. The zero-order valence-corrected chi connectivity index (χ0v) is 12.5. The third kappa shape index (κ3) is 3.35. The predicted molar refractivity (Wildman–Crippen MR) is 75.5 cm³/mol. The third-order valence-electron chi connectivity index (χ3n) is 3.53. The fourth-order valence-electron chi connectivity index (χ4n) is 2.45. The minimum absolute atomic E-state index is 0.229. The van der Waals surface area contributed by atoms with Crippen LogP contribution >= 0.6 is 0 Å². The van der Waals surface area contributed by atoms with Gasteiger partial charge in [0.05, 0.1) is 12.3 Å². The van der Waals surface area contributed by atoms with Crippen LogP contribution in [0.4, 0.5) is 0 Å². The molecule has 112 valence electrons. The van der Waals surface area contributed by atoms with Gasteiger partial charge in [-0.2, -0.15) is 4.31 Å². The Labute approximate surface area is 120 Å². The van der Waals surface area contributed by atoms with Gasteiger partial charge in [0.1, 0.15) is 4.90 Å². The van der Waals surface area contributed by atoms with Crippen molar-refractivity contribution >= 4 is 10.0 Å². The van der Waals surface area contributed by atoms with Gasteiger partial charge in [0.25, 0.3) is 0 Å². The number of piperidine rings is 1. The van der Waals surface area contributed by atoms with Gasteiger partial charge in [-0.1, -0.05) is 0 Å². The van der Waals surface area contributed by atoms with Gasteiger partial charge in [0.15, 0.2) is 0 Å². The van der Waals surface area contributed by atoms with Crippen molar-refractivity contribution in [2.75, 3.05) is 26.8 Å². The number of rotatable bonds is 5. The largest absolute Gasteiger partial charge is 0.384 e. The first kappa shape index (κ1) is 15.4. The Kier molecular flexibility index (Phi) is 5.09. The lowest BCUT2D eigenvalue weighted by Gasteiger charge is -2.31. The number of aromatic nitrogens is 1. The number of hydrogen-bond acceptors (Lipinski definition) is 5. The molecule has 0 aliphatic carbocycles. The molecule has 1 aliphatic heterocycles. The molecule has 0 amide bonds. The second kappa shape index (κ2) is 6.62. The molecule has 0 spiro atoms. The second-order valence-electron chi connectivity index (χ2n) is 5.02. The summed E-state index contributed by atoms with van der Waals surface area (Å²) in [6.45, 7) is 1.96. The first-order valence-electron chi connectivity index (χ1n) is 6.72. The van der Waals surface area contributed by atoms with Gasteiger partial charge in [-0.3, -0.25) is 4.98 Å². The Morgan fingerprint density at radius 3 is 2.90 bits per heavy atom. The summed E-state index contributed by atoms with van der Waals surface area (Å²) in [4.78, 5) is 4.29. The van der Waals surface area contributed by atoms with Gasteiger partial charge < -0.3 is 10.5 Å². The Morgan fingerprint density at radius 2 is 2.30 bits per heavy atom. The number of methoxy groups -OCH3 is 1. The van der Waals surface area contributed by atoms with Crippen LogP contribution in [0.2, 0.25) is 0 Å².